The van der Waals surface area contributed by atoms with E-state index in [1.54, 1.807) is 6.20 Å². The molecule has 0 aliphatic carbocycles. The number of nitrogens with one attached hydrogen (secondary N) is 2. The van der Waals surface area contributed by atoms with E-state index in [0.717, 1.165) is 38.0 Å². The van der Waals surface area contributed by atoms with Gasteiger partial charge in [0.1, 0.15) is 0 Å². The van der Waals surface area contributed by atoms with Gasteiger partial charge in [-0.05, 0) is 32.7 Å². The minimum Gasteiger partial charge on any atom is -0.323 e. The zero-order valence-electron chi connectivity index (χ0n) is 11.1. The average Bonchev–Trinajstić information content (AvgIpc) is 2.77. The Morgan fingerprint density at radius 1 is 1.67 bits per heavy atom. The van der Waals surface area contributed by atoms with Gasteiger partial charge in [0.25, 0.3) is 0 Å². The summed E-state index contributed by atoms with van der Waals surface area (Å²) in [7, 11) is 0. The molecule has 100 valence electrons. The first-order chi connectivity index (χ1) is 8.70. The van der Waals surface area contributed by atoms with Gasteiger partial charge in [-0.3, -0.25) is 9.48 Å². The summed E-state index contributed by atoms with van der Waals surface area (Å²) >= 11 is 0. The smallest absolute Gasteiger partial charge is 0.229 e. The van der Waals surface area contributed by atoms with Crippen LogP contribution in [0.15, 0.2) is 12.4 Å². The van der Waals surface area contributed by atoms with Gasteiger partial charge in [0, 0.05) is 18.8 Å². The second-order valence-corrected chi connectivity index (χ2v) is 4.97. The lowest BCUT2D eigenvalue weighted by Crippen LogP contribution is -2.44. The number of carbonyl (C=O) groups excluding carboxylic acids is 1. The molecule has 2 unspecified atom stereocenters. The molecule has 0 aromatic carbocycles. The molecule has 0 radical (unpaired) electrons. The molecule has 0 saturated carbocycles. The number of piperidine rings is 1. The molecular formula is C13H22N4O. The van der Waals surface area contributed by atoms with Crippen molar-refractivity contribution in [1.82, 2.24) is 15.1 Å². The Morgan fingerprint density at radius 3 is 3.22 bits per heavy atom. The van der Waals surface area contributed by atoms with Crippen LogP contribution >= 0.6 is 0 Å². The van der Waals surface area contributed by atoms with Crippen LogP contribution in [0.4, 0.5) is 5.69 Å². The van der Waals surface area contributed by atoms with E-state index >= 15 is 0 Å². The SMILES string of the molecule is CCCn1cc(NC(=O)C2CCCNC2C)cn1. The van der Waals surface area contributed by atoms with Crippen molar-refractivity contribution in [2.24, 2.45) is 5.92 Å². The Kier molecular flexibility index (Phi) is 4.36. The number of nitrogens with zero attached hydrogens (tertiary/aromatic N) is 2. The number of hydrogen-bond donors (Lipinski definition) is 2. The standard InChI is InChI=1S/C13H22N4O/c1-3-7-17-9-11(8-15-17)16-13(18)12-5-4-6-14-10(12)2/h8-10,12,14H,3-7H2,1-2H3,(H,16,18). The fraction of sp³-hybridized carbons (Fsp3) is 0.692. The molecule has 18 heavy (non-hydrogen) atoms. The van der Waals surface area contributed by atoms with Crippen LogP contribution in [-0.4, -0.2) is 28.3 Å². The van der Waals surface area contributed by atoms with Gasteiger partial charge in [0.15, 0.2) is 0 Å². The Balaban J connectivity index is 1.93. The summed E-state index contributed by atoms with van der Waals surface area (Å²) in [6, 6.07) is 0.254. The van der Waals surface area contributed by atoms with E-state index in [0.29, 0.717) is 0 Å². The highest BCUT2D eigenvalue weighted by molar-refractivity contribution is 5.92. The molecule has 1 fully saturated rings. The van der Waals surface area contributed by atoms with E-state index in [1.807, 2.05) is 10.9 Å². The van der Waals surface area contributed by atoms with Crippen LogP contribution in [0, 0.1) is 5.92 Å². The second kappa shape index (κ2) is 6.00. The highest BCUT2D eigenvalue weighted by Crippen LogP contribution is 2.18. The van der Waals surface area contributed by atoms with Crippen LogP contribution in [-0.2, 0) is 11.3 Å². The first-order valence-corrected chi connectivity index (χ1v) is 6.77. The maximum Gasteiger partial charge on any atom is 0.229 e. The zero-order chi connectivity index (χ0) is 13.0. The van der Waals surface area contributed by atoms with Gasteiger partial charge < -0.3 is 10.6 Å². The van der Waals surface area contributed by atoms with Gasteiger partial charge in [-0.15, -0.1) is 0 Å². The lowest BCUT2D eigenvalue weighted by Gasteiger charge is -2.28. The highest BCUT2D eigenvalue weighted by atomic mass is 16.1. The Hall–Kier alpha value is -1.36. The van der Waals surface area contributed by atoms with E-state index in [4.69, 9.17) is 0 Å². The fourth-order valence-corrected chi connectivity index (χ4v) is 2.42. The number of carbonyl (C=O) groups is 1. The van der Waals surface area contributed by atoms with Gasteiger partial charge in [0.2, 0.25) is 5.91 Å². The first-order valence-electron chi connectivity index (χ1n) is 6.77. The zero-order valence-corrected chi connectivity index (χ0v) is 11.1. The monoisotopic (exact) mass is 250 g/mol. The predicted octanol–water partition coefficient (Wildman–Crippen LogP) is 1.62. The van der Waals surface area contributed by atoms with Gasteiger partial charge >= 0.3 is 0 Å². The predicted molar refractivity (Wildman–Crippen MR) is 71.3 cm³/mol. The minimum atomic E-state index is 0.0632. The molecular weight excluding hydrogens is 228 g/mol. The van der Waals surface area contributed by atoms with Crippen LogP contribution in [0.3, 0.4) is 0 Å². The molecule has 2 rings (SSSR count). The van der Waals surface area contributed by atoms with Crippen LogP contribution in [0.5, 0.6) is 0 Å². The molecule has 1 aromatic heterocycles. The van der Waals surface area contributed by atoms with Crippen LogP contribution < -0.4 is 10.6 Å². The first kappa shape index (κ1) is 13.1. The number of hydrogen-bond acceptors (Lipinski definition) is 3. The van der Waals surface area contributed by atoms with Crippen molar-refractivity contribution in [2.45, 2.75) is 45.7 Å². The normalized spacial score (nSPS) is 23.9. The fourth-order valence-electron chi connectivity index (χ4n) is 2.42. The van der Waals surface area contributed by atoms with Gasteiger partial charge in [-0.25, -0.2) is 0 Å². The maximum absolute atomic E-state index is 12.2. The van der Waals surface area contributed by atoms with Crippen molar-refractivity contribution in [3.05, 3.63) is 12.4 Å². The lowest BCUT2D eigenvalue weighted by atomic mass is 9.91. The molecule has 1 aromatic rings. The van der Waals surface area contributed by atoms with Crippen molar-refractivity contribution in [3.63, 3.8) is 0 Å². The third kappa shape index (κ3) is 3.10. The molecule has 5 heteroatoms. The third-order valence-corrected chi connectivity index (χ3v) is 3.45. The van der Waals surface area contributed by atoms with E-state index in [-0.39, 0.29) is 17.9 Å². The Bertz CT molecular complexity index is 401. The van der Waals surface area contributed by atoms with E-state index in [1.165, 1.54) is 0 Å². The minimum absolute atomic E-state index is 0.0632. The van der Waals surface area contributed by atoms with E-state index in [2.05, 4.69) is 29.6 Å². The number of anilines is 1. The topological polar surface area (TPSA) is 59.0 Å². The van der Waals surface area contributed by atoms with Gasteiger partial charge in [-0.2, -0.15) is 5.10 Å². The Morgan fingerprint density at radius 2 is 2.50 bits per heavy atom. The van der Waals surface area contributed by atoms with Crippen molar-refractivity contribution >= 4 is 11.6 Å². The average molecular weight is 250 g/mol. The molecule has 1 aliphatic rings. The van der Waals surface area contributed by atoms with Crippen LogP contribution in [0.25, 0.3) is 0 Å². The molecule has 1 saturated heterocycles. The molecule has 2 atom stereocenters. The summed E-state index contributed by atoms with van der Waals surface area (Å²) in [6.45, 7) is 6.08. The third-order valence-electron chi connectivity index (χ3n) is 3.45. The molecule has 1 amide bonds. The summed E-state index contributed by atoms with van der Waals surface area (Å²) in [5.41, 5.74) is 0.797. The van der Waals surface area contributed by atoms with Crippen molar-refractivity contribution in [1.29, 1.82) is 0 Å². The summed E-state index contributed by atoms with van der Waals surface area (Å²) in [5, 5.41) is 10.5. The number of amides is 1. The molecule has 2 N–H and O–H groups in total. The van der Waals surface area contributed by atoms with Gasteiger partial charge in [-0.1, -0.05) is 6.92 Å². The van der Waals surface area contributed by atoms with Crippen molar-refractivity contribution in [2.75, 3.05) is 11.9 Å². The van der Waals surface area contributed by atoms with Crippen molar-refractivity contribution < 1.29 is 4.79 Å². The molecule has 1 aliphatic heterocycles. The number of rotatable bonds is 4. The Labute approximate surface area is 108 Å². The largest absolute Gasteiger partial charge is 0.323 e. The summed E-state index contributed by atoms with van der Waals surface area (Å²) in [5.74, 6) is 0.166. The van der Waals surface area contributed by atoms with E-state index < -0.39 is 0 Å². The number of aryl methyl sites for hydroxylation is 1. The van der Waals surface area contributed by atoms with E-state index in [9.17, 15) is 4.79 Å². The molecule has 0 spiro atoms. The second-order valence-electron chi connectivity index (χ2n) is 4.97. The number of aromatic nitrogens is 2. The van der Waals surface area contributed by atoms with Crippen molar-refractivity contribution in [3.8, 4) is 0 Å². The maximum atomic E-state index is 12.2. The molecule has 0 bridgehead atoms. The van der Waals surface area contributed by atoms with Crippen LogP contribution in [0.2, 0.25) is 0 Å². The van der Waals surface area contributed by atoms with Crippen LogP contribution in [0.1, 0.15) is 33.1 Å². The highest BCUT2D eigenvalue weighted by Gasteiger charge is 2.27. The lowest BCUT2D eigenvalue weighted by molar-refractivity contribution is -0.121. The summed E-state index contributed by atoms with van der Waals surface area (Å²) in [4.78, 5) is 12.2. The molecule has 5 nitrogen and oxygen atoms in total. The van der Waals surface area contributed by atoms with Gasteiger partial charge in [0.05, 0.1) is 17.8 Å². The summed E-state index contributed by atoms with van der Waals surface area (Å²) < 4.78 is 1.86. The summed E-state index contributed by atoms with van der Waals surface area (Å²) in [6.07, 6.45) is 6.68. The quantitative estimate of drug-likeness (QED) is 0.853. The molecule has 2 heterocycles.